The van der Waals surface area contributed by atoms with E-state index < -0.39 is 5.76 Å². The van der Waals surface area contributed by atoms with Crippen LogP contribution in [0.4, 0.5) is 0 Å². The van der Waals surface area contributed by atoms with Crippen molar-refractivity contribution in [2.45, 2.75) is 19.4 Å². The highest BCUT2D eigenvalue weighted by Gasteiger charge is 2.19. The molecule has 6 heteroatoms. The lowest BCUT2D eigenvalue weighted by Crippen LogP contribution is -2.28. The molecule has 2 aromatic heterocycles. The minimum atomic E-state index is -0.487. The quantitative estimate of drug-likeness (QED) is 0.406. The van der Waals surface area contributed by atoms with Crippen molar-refractivity contribution >= 4 is 27.9 Å². The molecule has 1 atom stereocenters. The molecule has 32 heavy (non-hydrogen) atoms. The molecule has 0 aliphatic rings. The molecule has 0 aliphatic heterocycles. The van der Waals surface area contributed by atoms with Crippen molar-refractivity contribution in [2.75, 3.05) is 0 Å². The van der Waals surface area contributed by atoms with Crippen molar-refractivity contribution in [3.63, 3.8) is 0 Å². The van der Waals surface area contributed by atoms with Crippen molar-refractivity contribution in [3.05, 3.63) is 101 Å². The van der Waals surface area contributed by atoms with Gasteiger partial charge >= 0.3 is 5.76 Å². The van der Waals surface area contributed by atoms with Crippen LogP contribution in [0.2, 0.25) is 0 Å². The van der Waals surface area contributed by atoms with E-state index in [-0.39, 0.29) is 11.9 Å². The summed E-state index contributed by atoms with van der Waals surface area (Å²) < 4.78 is 5.12. The zero-order chi connectivity index (χ0) is 22.1. The molecule has 0 saturated carbocycles. The van der Waals surface area contributed by atoms with Crippen LogP contribution in [-0.2, 0) is 0 Å². The summed E-state index contributed by atoms with van der Waals surface area (Å²) in [7, 11) is 0. The van der Waals surface area contributed by atoms with Gasteiger partial charge in [0.1, 0.15) is 0 Å². The highest BCUT2D eigenvalue weighted by molar-refractivity contribution is 5.95. The summed E-state index contributed by atoms with van der Waals surface area (Å²) >= 11 is 0. The van der Waals surface area contributed by atoms with Crippen LogP contribution in [0, 0.1) is 0 Å². The van der Waals surface area contributed by atoms with Crippen molar-refractivity contribution in [3.8, 4) is 11.3 Å². The number of nitrogens with one attached hydrogen (secondary N) is 2. The van der Waals surface area contributed by atoms with E-state index in [4.69, 9.17) is 9.40 Å². The lowest BCUT2D eigenvalue weighted by molar-refractivity contribution is 0.0936. The zero-order valence-corrected chi connectivity index (χ0v) is 17.5. The largest absolute Gasteiger partial charge is 0.417 e. The highest BCUT2D eigenvalue weighted by Crippen LogP contribution is 2.31. The summed E-state index contributed by atoms with van der Waals surface area (Å²) in [4.78, 5) is 31.9. The van der Waals surface area contributed by atoms with E-state index in [0.29, 0.717) is 16.7 Å². The molecule has 5 aromatic rings. The van der Waals surface area contributed by atoms with E-state index in [1.165, 1.54) is 0 Å². The maximum atomic E-state index is 12.9. The second kappa shape index (κ2) is 8.15. The molecule has 6 nitrogen and oxygen atoms in total. The smallest absolute Gasteiger partial charge is 0.408 e. The van der Waals surface area contributed by atoms with Gasteiger partial charge in [-0.3, -0.25) is 9.78 Å². The Hall–Kier alpha value is -4.19. The first-order chi connectivity index (χ1) is 15.6. The number of carbonyl (C=O) groups is 1. The minimum absolute atomic E-state index is 0.114. The first kappa shape index (κ1) is 19.8. The molecule has 3 aromatic carbocycles. The van der Waals surface area contributed by atoms with Gasteiger partial charge in [-0.25, -0.2) is 9.78 Å². The number of hydrogen-bond acceptors (Lipinski definition) is 4. The first-order valence-electron chi connectivity index (χ1n) is 10.5. The van der Waals surface area contributed by atoms with E-state index in [1.54, 1.807) is 18.2 Å². The Morgan fingerprint density at radius 3 is 2.62 bits per heavy atom. The van der Waals surface area contributed by atoms with E-state index in [0.717, 1.165) is 34.1 Å². The number of oxazole rings is 1. The van der Waals surface area contributed by atoms with E-state index >= 15 is 0 Å². The van der Waals surface area contributed by atoms with Crippen LogP contribution < -0.4 is 11.1 Å². The van der Waals surface area contributed by atoms with E-state index in [1.807, 2.05) is 67.6 Å². The number of fused-ring (bicyclic) bond motifs is 2. The molecular weight excluding hydrogens is 402 g/mol. The summed E-state index contributed by atoms with van der Waals surface area (Å²) in [5.41, 5.74) is 5.20. The number of pyridine rings is 1. The van der Waals surface area contributed by atoms with Gasteiger partial charge in [0.15, 0.2) is 5.58 Å². The van der Waals surface area contributed by atoms with Gasteiger partial charge in [0, 0.05) is 16.5 Å². The number of amides is 1. The summed E-state index contributed by atoms with van der Waals surface area (Å²) in [6.07, 6.45) is 0.722. The van der Waals surface area contributed by atoms with Gasteiger partial charge in [-0.05, 0) is 54.4 Å². The predicted octanol–water partition coefficient (Wildman–Crippen LogP) is 5.22. The summed E-state index contributed by atoms with van der Waals surface area (Å²) in [6, 6.07) is 24.4. The van der Waals surface area contributed by atoms with Gasteiger partial charge in [-0.2, -0.15) is 0 Å². The molecule has 2 heterocycles. The zero-order valence-electron chi connectivity index (χ0n) is 17.5. The third-order valence-electron chi connectivity index (χ3n) is 5.59. The molecular formula is C26H21N3O3. The summed E-state index contributed by atoms with van der Waals surface area (Å²) in [5, 5.41) is 4.17. The fourth-order valence-corrected chi connectivity index (χ4v) is 3.98. The standard InChI is InChI=1S/C26H21N3O3/c1-2-20(28-25(30)16-8-4-3-5-9-16)19-15-22(27-21-11-7-6-10-18(19)21)17-12-13-24-23(14-17)29-26(31)32-24/h3-15,20H,2H2,1H3,(H,28,30)(H,29,31). The Morgan fingerprint density at radius 2 is 1.81 bits per heavy atom. The molecule has 1 unspecified atom stereocenters. The molecule has 0 radical (unpaired) electrons. The maximum Gasteiger partial charge on any atom is 0.417 e. The number of benzene rings is 3. The number of aromatic amines is 1. The number of nitrogens with zero attached hydrogens (tertiary/aromatic N) is 1. The monoisotopic (exact) mass is 423 g/mol. The van der Waals surface area contributed by atoms with Crippen LogP contribution in [0.5, 0.6) is 0 Å². The van der Waals surface area contributed by atoms with Gasteiger partial charge < -0.3 is 9.73 Å². The number of hydrogen-bond donors (Lipinski definition) is 2. The van der Waals surface area contributed by atoms with Crippen molar-refractivity contribution in [1.82, 2.24) is 15.3 Å². The molecule has 0 bridgehead atoms. The molecule has 0 fully saturated rings. The van der Waals surface area contributed by atoms with Crippen LogP contribution in [-0.4, -0.2) is 15.9 Å². The first-order valence-corrected chi connectivity index (χ1v) is 10.5. The third-order valence-corrected chi connectivity index (χ3v) is 5.59. The van der Waals surface area contributed by atoms with Crippen LogP contribution in [0.3, 0.4) is 0 Å². The van der Waals surface area contributed by atoms with Gasteiger partial charge in [0.2, 0.25) is 0 Å². The lowest BCUT2D eigenvalue weighted by atomic mass is 9.96. The molecule has 5 rings (SSSR count). The average Bonchev–Trinajstić information content (AvgIpc) is 3.21. The van der Waals surface area contributed by atoms with Gasteiger partial charge in [0.25, 0.3) is 5.91 Å². The van der Waals surface area contributed by atoms with Crippen LogP contribution in [0.1, 0.15) is 35.3 Å². The van der Waals surface area contributed by atoms with E-state index in [2.05, 4.69) is 10.3 Å². The fraction of sp³-hybridized carbons (Fsp3) is 0.115. The number of rotatable bonds is 5. The highest BCUT2D eigenvalue weighted by atomic mass is 16.4. The predicted molar refractivity (Wildman–Crippen MR) is 125 cm³/mol. The van der Waals surface area contributed by atoms with Crippen molar-refractivity contribution in [2.24, 2.45) is 0 Å². The molecule has 0 aliphatic carbocycles. The van der Waals surface area contributed by atoms with Crippen molar-refractivity contribution < 1.29 is 9.21 Å². The van der Waals surface area contributed by atoms with Gasteiger partial charge in [-0.15, -0.1) is 0 Å². The Kier molecular flexibility index (Phi) is 5.03. The maximum absolute atomic E-state index is 12.9. The molecule has 158 valence electrons. The van der Waals surface area contributed by atoms with Crippen LogP contribution in [0.15, 0.2) is 88.1 Å². The summed E-state index contributed by atoms with van der Waals surface area (Å²) in [6.45, 7) is 2.05. The Morgan fingerprint density at radius 1 is 1.03 bits per heavy atom. The van der Waals surface area contributed by atoms with E-state index in [9.17, 15) is 9.59 Å². The Bertz CT molecular complexity index is 1490. The fourth-order valence-electron chi connectivity index (χ4n) is 3.98. The normalized spacial score (nSPS) is 12.2. The molecule has 1 amide bonds. The second-order valence-corrected chi connectivity index (χ2v) is 7.64. The number of aromatic nitrogens is 2. The Labute approximate surface area is 183 Å². The molecule has 0 spiro atoms. The summed E-state index contributed by atoms with van der Waals surface area (Å²) in [5.74, 6) is -0.601. The van der Waals surface area contributed by atoms with Crippen molar-refractivity contribution in [1.29, 1.82) is 0 Å². The second-order valence-electron chi connectivity index (χ2n) is 7.64. The van der Waals surface area contributed by atoms with Crippen LogP contribution >= 0.6 is 0 Å². The topological polar surface area (TPSA) is 88.0 Å². The number of carbonyl (C=O) groups excluding carboxylic acids is 1. The lowest BCUT2D eigenvalue weighted by Gasteiger charge is -2.20. The SMILES string of the molecule is CCC(NC(=O)c1ccccc1)c1cc(-c2ccc3oc(=O)[nH]c3c2)nc2ccccc12. The number of H-pyrrole nitrogens is 1. The minimum Gasteiger partial charge on any atom is -0.408 e. The molecule has 2 N–H and O–H groups in total. The van der Waals surface area contributed by atoms with Crippen LogP contribution in [0.25, 0.3) is 33.3 Å². The molecule has 0 saturated heterocycles. The average molecular weight is 423 g/mol. The van der Waals surface area contributed by atoms with Gasteiger partial charge in [-0.1, -0.05) is 43.3 Å². The number of para-hydroxylation sites is 1. The third kappa shape index (κ3) is 3.67. The Balaban J connectivity index is 1.60. The van der Waals surface area contributed by atoms with Gasteiger partial charge in [0.05, 0.1) is 22.8 Å².